The zero-order chi connectivity index (χ0) is 22.5. The average Bonchev–Trinajstić information content (AvgIpc) is 2.84. The highest BCUT2D eigenvalue weighted by Gasteiger charge is 2.23. The van der Waals surface area contributed by atoms with Crippen molar-refractivity contribution in [2.24, 2.45) is 0 Å². The molecule has 2 heterocycles. The Hall–Kier alpha value is -3.13. The number of amides is 1. The largest absolute Gasteiger partial charge is 0.369 e. The second-order valence-electron chi connectivity index (χ2n) is 8.43. The molecule has 1 N–H and O–H groups in total. The van der Waals surface area contributed by atoms with Gasteiger partial charge in [-0.15, -0.1) is 0 Å². The summed E-state index contributed by atoms with van der Waals surface area (Å²) in [5, 5.41) is 14.5. The first-order chi connectivity index (χ1) is 15.5. The second kappa shape index (κ2) is 9.99. The fraction of sp³-hybridized carbons (Fsp3) is 0.458. The first-order valence-corrected chi connectivity index (χ1v) is 11.5. The highest BCUT2D eigenvalue weighted by molar-refractivity contribution is 6.05. The van der Waals surface area contributed by atoms with Gasteiger partial charge in [-0.3, -0.25) is 14.9 Å². The van der Waals surface area contributed by atoms with Crippen molar-refractivity contribution < 1.29 is 9.72 Å². The lowest BCUT2D eigenvalue weighted by molar-refractivity contribution is -0.384. The van der Waals surface area contributed by atoms with Gasteiger partial charge in [0.25, 0.3) is 11.6 Å². The second-order valence-corrected chi connectivity index (χ2v) is 8.43. The number of piperazine rings is 1. The van der Waals surface area contributed by atoms with Gasteiger partial charge in [0.2, 0.25) is 0 Å². The molecule has 1 amide bonds. The Morgan fingerprint density at radius 1 is 0.938 bits per heavy atom. The van der Waals surface area contributed by atoms with Crippen molar-refractivity contribution in [3.05, 3.63) is 58.1 Å². The van der Waals surface area contributed by atoms with E-state index in [1.165, 1.54) is 6.07 Å². The maximum Gasteiger partial charge on any atom is 0.293 e. The van der Waals surface area contributed by atoms with Crippen LogP contribution in [0.3, 0.4) is 0 Å². The van der Waals surface area contributed by atoms with Gasteiger partial charge >= 0.3 is 0 Å². The first kappa shape index (κ1) is 22.1. The number of nitro groups is 1. The molecule has 32 heavy (non-hydrogen) atoms. The Labute approximate surface area is 189 Å². The molecule has 0 unspecified atom stereocenters. The maximum absolute atomic E-state index is 12.8. The van der Waals surface area contributed by atoms with E-state index in [1.807, 2.05) is 29.2 Å². The SMILES string of the molecule is CCN1CCN(c2ccc(NC(=O)c3ccc(N4CCCCC4)c([N+](=O)[O-])c3)cc2)CC1. The molecule has 0 atom stereocenters. The van der Waals surface area contributed by atoms with Crippen LogP contribution in [0.15, 0.2) is 42.5 Å². The summed E-state index contributed by atoms with van der Waals surface area (Å²) in [7, 11) is 0. The molecule has 2 saturated heterocycles. The summed E-state index contributed by atoms with van der Waals surface area (Å²) in [6, 6.07) is 12.6. The third-order valence-electron chi connectivity index (χ3n) is 6.44. The first-order valence-electron chi connectivity index (χ1n) is 11.5. The van der Waals surface area contributed by atoms with Gasteiger partial charge in [-0.1, -0.05) is 6.92 Å². The lowest BCUT2D eigenvalue weighted by Gasteiger charge is -2.35. The zero-order valence-electron chi connectivity index (χ0n) is 18.6. The Kier molecular flexibility index (Phi) is 6.90. The molecule has 0 aliphatic carbocycles. The highest BCUT2D eigenvalue weighted by atomic mass is 16.6. The van der Waals surface area contributed by atoms with Gasteiger partial charge in [0.1, 0.15) is 5.69 Å². The molecule has 8 heteroatoms. The Morgan fingerprint density at radius 2 is 1.62 bits per heavy atom. The van der Waals surface area contributed by atoms with Crippen molar-refractivity contribution >= 4 is 28.7 Å². The van der Waals surface area contributed by atoms with Crippen molar-refractivity contribution in [3.8, 4) is 0 Å². The molecular weight excluding hydrogens is 406 g/mol. The van der Waals surface area contributed by atoms with E-state index in [-0.39, 0.29) is 17.2 Å². The van der Waals surface area contributed by atoms with Gasteiger partial charge in [0.15, 0.2) is 0 Å². The number of hydrogen-bond acceptors (Lipinski definition) is 6. The molecule has 2 fully saturated rings. The van der Waals surface area contributed by atoms with Crippen molar-refractivity contribution in [1.82, 2.24) is 4.90 Å². The van der Waals surface area contributed by atoms with Crippen LogP contribution in [0.5, 0.6) is 0 Å². The van der Waals surface area contributed by atoms with Crippen LogP contribution >= 0.6 is 0 Å². The standard InChI is InChI=1S/C24H31N5O3/c1-2-26-14-16-27(17-15-26)21-9-7-20(8-10-21)25-24(30)19-6-11-22(23(18-19)29(31)32)28-12-4-3-5-13-28/h6-11,18H,2-5,12-17H2,1H3,(H,25,30). The minimum absolute atomic E-state index is 0.0129. The van der Waals surface area contributed by atoms with Gasteiger partial charge in [0, 0.05) is 62.3 Å². The van der Waals surface area contributed by atoms with E-state index >= 15 is 0 Å². The molecule has 8 nitrogen and oxygen atoms in total. The average molecular weight is 438 g/mol. The molecule has 2 aliphatic rings. The van der Waals surface area contributed by atoms with Gasteiger partial charge in [-0.25, -0.2) is 0 Å². The Morgan fingerprint density at radius 3 is 2.25 bits per heavy atom. The Balaban J connectivity index is 1.43. The van der Waals surface area contributed by atoms with Gasteiger partial charge in [0.05, 0.1) is 4.92 Å². The van der Waals surface area contributed by atoms with E-state index < -0.39 is 4.92 Å². The molecule has 0 bridgehead atoms. The van der Waals surface area contributed by atoms with Crippen molar-refractivity contribution in [2.75, 3.05) is 60.9 Å². The van der Waals surface area contributed by atoms with Gasteiger partial charge in [-0.2, -0.15) is 0 Å². The van der Waals surface area contributed by atoms with Gasteiger partial charge in [-0.05, 0) is 62.2 Å². The van der Waals surface area contributed by atoms with E-state index in [1.54, 1.807) is 12.1 Å². The van der Waals surface area contributed by atoms with Crippen LogP contribution in [-0.4, -0.2) is 61.5 Å². The van der Waals surface area contributed by atoms with Crippen LogP contribution in [0.4, 0.5) is 22.7 Å². The topological polar surface area (TPSA) is 82.0 Å². The summed E-state index contributed by atoms with van der Waals surface area (Å²) < 4.78 is 0. The van der Waals surface area contributed by atoms with E-state index in [2.05, 4.69) is 22.0 Å². The quantitative estimate of drug-likeness (QED) is 0.544. The minimum atomic E-state index is -0.395. The lowest BCUT2D eigenvalue weighted by atomic mass is 10.1. The fourth-order valence-electron chi connectivity index (χ4n) is 4.49. The minimum Gasteiger partial charge on any atom is -0.369 e. The highest BCUT2D eigenvalue weighted by Crippen LogP contribution is 2.31. The molecule has 4 rings (SSSR count). The number of nitro benzene ring substituents is 1. The summed E-state index contributed by atoms with van der Waals surface area (Å²) in [5.41, 5.74) is 2.69. The summed E-state index contributed by atoms with van der Waals surface area (Å²) in [4.78, 5) is 30.9. The predicted octanol–water partition coefficient (Wildman–Crippen LogP) is 3.98. The van der Waals surface area contributed by atoms with Crippen LogP contribution < -0.4 is 15.1 Å². The van der Waals surface area contributed by atoms with Crippen LogP contribution in [0.25, 0.3) is 0 Å². The van der Waals surface area contributed by atoms with Crippen LogP contribution in [0.2, 0.25) is 0 Å². The number of carbonyl (C=O) groups is 1. The zero-order valence-corrected chi connectivity index (χ0v) is 18.6. The molecule has 170 valence electrons. The number of benzene rings is 2. The van der Waals surface area contributed by atoms with E-state index in [0.717, 1.165) is 70.8 Å². The molecule has 0 radical (unpaired) electrons. The summed E-state index contributed by atoms with van der Waals surface area (Å²) >= 11 is 0. The smallest absolute Gasteiger partial charge is 0.293 e. The number of piperidine rings is 1. The Bertz CT molecular complexity index is 949. The lowest BCUT2D eigenvalue weighted by Crippen LogP contribution is -2.46. The van der Waals surface area contributed by atoms with Crippen LogP contribution in [0.1, 0.15) is 36.5 Å². The van der Waals surface area contributed by atoms with E-state index in [4.69, 9.17) is 0 Å². The molecular formula is C24H31N5O3. The molecule has 0 aromatic heterocycles. The summed E-state index contributed by atoms with van der Waals surface area (Å²) in [6.45, 7) is 8.99. The molecule has 0 spiro atoms. The molecule has 2 aromatic rings. The number of anilines is 3. The number of nitrogens with zero attached hydrogens (tertiary/aromatic N) is 4. The van der Waals surface area contributed by atoms with Crippen molar-refractivity contribution in [1.29, 1.82) is 0 Å². The number of rotatable bonds is 6. The van der Waals surface area contributed by atoms with E-state index in [9.17, 15) is 14.9 Å². The molecule has 2 aromatic carbocycles. The maximum atomic E-state index is 12.8. The summed E-state index contributed by atoms with van der Waals surface area (Å²) in [5.74, 6) is -0.345. The number of nitrogens with one attached hydrogen (secondary N) is 1. The predicted molar refractivity (Wildman–Crippen MR) is 128 cm³/mol. The van der Waals surface area contributed by atoms with Crippen molar-refractivity contribution in [3.63, 3.8) is 0 Å². The van der Waals surface area contributed by atoms with E-state index in [0.29, 0.717) is 11.4 Å². The van der Waals surface area contributed by atoms with Crippen molar-refractivity contribution in [2.45, 2.75) is 26.2 Å². The van der Waals surface area contributed by atoms with Crippen LogP contribution in [-0.2, 0) is 0 Å². The fourth-order valence-corrected chi connectivity index (χ4v) is 4.49. The third-order valence-corrected chi connectivity index (χ3v) is 6.44. The number of hydrogen-bond donors (Lipinski definition) is 1. The molecule has 2 aliphatic heterocycles. The van der Waals surface area contributed by atoms with Crippen LogP contribution in [0, 0.1) is 10.1 Å². The third kappa shape index (κ3) is 5.02. The summed E-state index contributed by atoms with van der Waals surface area (Å²) in [6.07, 6.45) is 3.21. The normalized spacial score (nSPS) is 17.3. The number of carbonyl (C=O) groups excluding carboxylic acids is 1. The van der Waals surface area contributed by atoms with Gasteiger partial charge < -0.3 is 20.0 Å². The molecule has 0 saturated carbocycles. The monoisotopic (exact) mass is 437 g/mol. The number of likely N-dealkylation sites (N-methyl/N-ethyl adjacent to an activating group) is 1.